The molecule has 2 aromatic carbocycles. The quantitative estimate of drug-likeness (QED) is 0.463. The van der Waals surface area contributed by atoms with E-state index in [9.17, 15) is 0 Å². The highest BCUT2D eigenvalue weighted by molar-refractivity contribution is 5.62. The van der Waals surface area contributed by atoms with Crippen LogP contribution in [0.1, 0.15) is 61.9 Å². The van der Waals surface area contributed by atoms with E-state index in [-0.39, 0.29) is 0 Å². The lowest BCUT2D eigenvalue weighted by Crippen LogP contribution is -2.10. The molecule has 0 bridgehead atoms. The second-order valence-electron chi connectivity index (χ2n) is 7.73. The summed E-state index contributed by atoms with van der Waals surface area (Å²) in [6.45, 7) is 9.80. The zero-order valence-corrected chi connectivity index (χ0v) is 18.7. The van der Waals surface area contributed by atoms with Crippen molar-refractivity contribution in [1.29, 1.82) is 0 Å². The lowest BCUT2D eigenvalue weighted by atomic mass is 9.91. The molecule has 0 aliphatic rings. The average molecular weight is 390 g/mol. The van der Waals surface area contributed by atoms with Crippen LogP contribution in [0.2, 0.25) is 0 Å². The molecule has 0 saturated heterocycles. The molecule has 154 valence electrons. The molecule has 0 aliphatic heterocycles. The van der Waals surface area contributed by atoms with Gasteiger partial charge in [0, 0.05) is 13.6 Å². The van der Waals surface area contributed by atoms with E-state index in [4.69, 9.17) is 0 Å². The van der Waals surface area contributed by atoms with E-state index < -0.39 is 0 Å². The van der Waals surface area contributed by atoms with Gasteiger partial charge in [0.25, 0.3) is 0 Å². The fraction of sp³-hybridized carbons (Fsp3) is 0.423. The number of hydrogen-bond donors (Lipinski definition) is 1. The van der Waals surface area contributed by atoms with Crippen LogP contribution >= 0.6 is 0 Å². The third-order valence-corrected chi connectivity index (χ3v) is 5.93. The molecule has 0 saturated carbocycles. The first-order valence-electron chi connectivity index (χ1n) is 11.1. The molecule has 3 heteroatoms. The molecule has 0 atom stereocenters. The Hall–Kier alpha value is -2.55. The van der Waals surface area contributed by atoms with Gasteiger partial charge in [0.1, 0.15) is 0 Å². The first kappa shape index (κ1) is 21.2. The van der Waals surface area contributed by atoms with Crippen molar-refractivity contribution in [1.82, 2.24) is 9.55 Å². The lowest BCUT2D eigenvalue weighted by Gasteiger charge is -2.17. The van der Waals surface area contributed by atoms with E-state index in [0.29, 0.717) is 0 Å². The minimum atomic E-state index is 0.805. The SMILES string of the molecule is CCCc1ccc(-c2cnc(NCc3ccc(CC)c(CC)c3CC)n2C)cc1. The fourth-order valence-corrected chi connectivity index (χ4v) is 4.31. The molecule has 3 rings (SSSR count). The normalized spacial score (nSPS) is 11.1. The van der Waals surface area contributed by atoms with Gasteiger partial charge in [-0.1, -0.05) is 70.5 Å². The van der Waals surface area contributed by atoms with Crippen LogP contribution in [0.15, 0.2) is 42.6 Å². The smallest absolute Gasteiger partial charge is 0.203 e. The zero-order valence-electron chi connectivity index (χ0n) is 18.7. The van der Waals surface area contributed by atoms with Crippen LogP contribution in [-0.4, -0.2) is 9.55 Å². The van der Waals surface area contributed by atoms with Gasteiger partial charge in [-0.15, -0.1) is 0 Å². The van der Waals surface area contributed by atoms with Gasteiger partial charge in [-0.3, -0.25) is 0 Å². The van der Waals surface area contributed by atoms with Crippen LogP contribution < -0.4 is 5.32 Å². The Labute approximate surface area is 176 Å². The molecule has 0 amide bonds. The second kappa shape index (κ2) is 9.78. The van der Waals surface area contributed by atoms with Crippen LogP contribution in [0, 0.1) is 0 Å². The molecule has 0 radical (unpaired) electrons. The molecule has 0 unspecified atom stereocenters. The topological polar surface area (TPSA) is 29.9 Å². The Morgan fingerprint density at radius 2 is 1.48 bits per heavy atom. The number of nitrogens with zero attached hydrogens (tertiary/aromatic N) is 2. The number of nitrogens with one attached hydrogen (secondary N) is 1. The van der Waals surface area contributed by atoms with Crippen molar-refractivity contribution in [3.05, 3.63) is 70.4 Å². The lowest BCUT2D eigenvalue weighted by molar-refractivity contribution is 0.894. The van der Waals surface area contributed by atoms with Crippen molar-refractivity contribution in [2.75, 3.05) is 5.32 Å². The molecule has 3 nitrogen and oxygen atoms in total. The number of aryl methyl sites for hydroxylation is 2. The van der Waals surface area contributed by atoms with E-state index in [2.05, 4.69) is 86.0 Å². The Kier molecular flexibility index (Phi) is 7.13. The Morgan fingerprint density at radius 1 is 0.828 bits per heavy atom. The number of imidazole rings is 1. The molecular weight excluding hydrogens is 354 g/mol. The highest BCUT2D eigenvalue weighted by atomic mass is 15.2. The van der Waals surface area contributed by atoms with E-state index in [1.54, 1.807) is 0 Å². The zero-order chi connectivity index (χ0) is 20.8. The van der Waals surface area contributed by atoms with Crippen molar-refractivity contribution in [3.8, 4) is 11.3 Å². The van der Waals surface area contributed by atoms with Crippen LogP contribution in [0.4, 0.5) is 5.95 Å². The summed E-state index contributed by atoms with van der Waals surface area (Å²) >= 11 is 0. The summed E-state index contributed by atoms with van der Waals surface area (Å²) in [4.78, 5) is 4.65. The number of rotatable bonds is 9. The van der Waals surface area contributed by atoms with Gasteiger partial charge in [-0.05, 0) is 59.1 Å². The molecule has 0 spiro atoms. The summed E-state index contributed by atoms with van der Waals surface area (Å²) in [6.07, 6.45) is 7.55. The third-order valence-electron chi connectivity index (χ3n) is 5.93. The molecule has 0 aliphatic carbocycles. The summed E-state index contributed by atoms with van der Waals surface area (Å²) in [5, 5.41) is 3.57. The van der Waals surface area contributed by atoms with Gasteiger partial charge < -0.3 is 9.88 Å². The van der Waals surface area contributed by atoms with Crippen molar-refractivity contribution >= 4 is 5.95 Å². The second-order valence-corrected chi connectivity index (χ2v) is 7.73. The maximum absolute atomic E-state index is 4.65. The largest absolute Gasteiger partial charge is 0.352 e. The minimum Gasteiger partial charge on any atom is -0.352 e. The number of hydrogen-bond acceptors (Lipinski definition) is 2. The van der Waals surface area contributed by atoms with Gasteiger partial charge >= 0.3 is 0 Å². The summed E-state index contributed by atoms with van der Waals surface area (Å²) in [5.74, 6) is 0.914. The highest BCUT2D eigenvalue weighted by Crippen LogP contribution is 2.25. The predicted molar refractivity (Wildman–Crippen MR) is 125 cm³/mol. The minimum absolute atomic E-state index is 0.805. The molecule has 3 aromatic rings. The maximum Gasteiger partial charge on any atom is 0.203 e. The third kappa shape index (κ3) is 4.55. The monoisotopic (exact) mass is 389 g/mol. The van der Waals surface area contributed by atoms with E-state index in [1.807, 2.05) is 6.20 Å². The first-order chi connectivity index (χ1) is 14.1. The number of aromatic nitrogens is 2. The van der Waals surface area contributed by atoms with Crippen LogP contribution in [0.25, 0.3) is 11.3 Å². The first-order valence-corrected chi connectivity index (χ1v) is 11.1. The molecule has 29 heavy (non-hydrogen) atoms. The summed E-state index contributed by atoms with van der Waals surface area (Å²) < 4.78 is 2.15. The predicted octanol–water partition coefficient (Wildman–Crippen LogP) is 6.34. The van der Waals surface area contributed by atoms with Crippen molar-refractivity contribution in [3.63, 3.8) is 0 Å². The van der Waals surface area contributed by atoms with Crippen molar-refractivity contribution in [2.24, 2.45) is 7.05 Å². The van der Waals surface area contributed by atoms with Crippen LogP contribution in [-0.2, 0) is 39.3 Å². The summed E-state index contributed by atoms with van der Waals surface area (Å²) in [6, 6.07) is 13.5. The standard InChI is InChI=1S/C26H35N3/c1-6-10-19-11-13-21(14-12-19)25-18-28-26(29(25)5)27-17-22-16-15-20(7-2)23(8-3)24(22)9-4/h11-16,18H,6-10,17H2,1-5H3,(H,27,28). The Balaban J connectivity index is 1.79. The molecule has 1 heterocycles. The van der Waals surface area contributed by atoms with Crippen LogP contribution in [0.5, 0.6) is 0 Å². The summed E-state index contributed by atoms with van der Waals surface area (Å²) in [5.41, 5.74) is 9.65. The van der Waals surface area contributed by atoms with Crippen LogP contribution in [0.3, 0.4) is 0 Å². The molecular formula is C26H35N3. The Bertz CT molecular complexity index is 935. The highest BCUT2D eigenvalue weighted by Gasteiger charge is 2.12. The molecule has 0 fully saturated rings. The van der Waals surface area contributed by atoms with Gasteiger partial charge in [0.15, 0.2) is 0 Å². The number of benzene rings is 2. The van der Waals surface area contributed by atoms with Crippen molar-refractivity contribution in [2.45, 2.75) is 66.3 Å². The summed E-state index contributed by atoms with van der Waals surface area (Å²) in [7, 11) is 2.09. The molecule has 1 N–H and O–H groups in total. The number of anilines is 1. The van der Waals surface area contributed by atoms with E-state index >= 15 is 0 Å². The maximum atomic E-state index is 4.65. The van der Waals surface area contributed by atoms with E-state index in [0.717, 1.165) is 43.9 Å². The van der Waals surface area contributed by atoms with Crippen molar-refractivity contribution < 1.29 is 0 Å². The molecule has 1 aromatic heterocycles. The Morgan fingerprint density at radius 3 is 2.10 bits per heavy atom. The van der Waals surface area contributed by atoms with Gasteiger partial charge in [-0.2, -0.15) is 0 Å². The fourth-order valence-electron chi connectivity index (χ4n) is 4.31. The van der Waals surface area contributed by atoms with E-state index in [1.165, 1.54) is 39.8 Å². The van der Waals surface area contributed by atoms with Gasteiger partial charge in [0.2, 0.25) is 5.95 Å². The van der Waals surface area contributed by atoms with Gasteiger partial charge in [0.05, 0.1) is 11.9 Å². The van der Waals surface area contributed by atoms with Gasteiger partial charge in [-0.25, -0.2) is 4.98 Å². The average Bonchev–Trinajstić information content (AvgIpc) is 3.12.